The number of aromatic nitrogens is 2. The first kappa shape index (κ1) is 25.8. The minimum atomic E-state index is -2.88. The number of hydrogen-bond acceptors (Lipinski definition) is 4. The summed E-state index contributed by atoms with van der Waals surface area (Å²) in [4.78, 5) is 9.08. The number of aliphatic hydroxyl groups excluding tert-OH is 1. The molecule has 0 bridgehead atoms. The molecule has 3 aromatic rings. The third kappa shape index (κ3) is 7.30. The van der Waals surface area contributed by atoms with Crippen LogP contribution in [0.25, 0.3) is 5.65 Å². The zero-order chi connectivity index (χ0) is 22.2. The van der Waals surface area contributed by atoms with Gasteiger partial charge in [0.25, 0.3) is 0 Å². The molecule has 0 aliphatic rings. The number of aryl methyl sites for hydroxylation is 1. The summed E-state index contributed by atoms with van der Waals surface area (Å²) in [6.07, 6.45) is 3.85. The summed E-state index contributed by atoms with van der Waals surface area (Å²) in [5, 5.41) is 16.7. The van der Waals surface area contributed by atoms with Gasteiger partial charge in [-0.05, 0) is 43.2 Å². The standard InChI is InChI=1S/C22H27F2N5O2.HI/c1-3-25-22(26-11-10-17-14-29-12-4-5-15(2)20(29)28-17)27-13-19(30)16-6-8-18(9-7-16)31-21(23)24;/h4-9,12,14,19,21,30H,3,10-11,13H2,1-2H3,(H2,25,26,27);1H. The van der Waals surface area contributed by atoms with Gasteiger partial charge in [-0.1, -0.05) is 18.2 Å². The van der Waals surface area contributed by atoms with E-state index in [1.54, 1.807) is 12.1 Å². The quantitative estimate of drug-likeness (QED) is 0.212. The third-order valence-corrected chi connectivity index (χ3v) is 4.66. The predicted octanol–water partition coefficient (Wildman–Crippen LogP) is 3.69. The van der Waals surface area contributed by atoms with Crippen molar-refractivity contribution in [1.82, 2.24) is 20.0 Å². The van der Waals surface area contributed by atoms with Crippen LogP contribution in [0, 0.1) is 6.92 Å². The van der Waals surface area contributed by atoms with Gasteiger partial charge in [0, 0.05) is 31.9 Å². The number of imidazole rings is 1. The highest BCUT2D eigenvalue weighted by Gasteiger charge is 2.10. The molecule has 174 valence electrons. The van der Waals surface area contributed by atoms with Crippen LogP contribution >= 0.6 is 24.0 Å². The molecule has 0 saturated carbocycles. The van der Waals surface area contributed by atoms with Gasteiger partial charge in [0.15, 0.2) is 5.96 Å². The van der Waals surface area contributed by atoms with Crippen molar-refractivity contribution < 1.29 is 18.6 Å². The molecular weight excluding hydrogens is 531 g/mol. The van der Waals surface area contributed by atoms with Gasteiger partial charge < -0.3 is 24.9 Å². The zero-order valence-corrected chi connectivity index (χ0v) is 20.3. The molecule has 0 radical (unpaired) electrons. The molecule has 1 atom stereocenters. The minimum absolute atomic E-state index is 0. The van der Waals surface area contributed by atoms with Crippen LogP contribution in [-0.2, 0) is 6.42 Å². The van der Waals surface area contributed by atoms with Gasteiger partial charge in [0.1, 0.15) is 11.4 Å². The average Bonchev–Trinajstić information content (AvgIpc) is 3.16. The van der Waals surface area contributed by atoms with Crippen molar-refractivity contribution >= 4 is 35.6 Å². The maximum Gasteiger partial charge on any atom is 0.387 e. The first-order valence-electron chi connectivity index (χ1n) is 10.1. The molecule has 10 heteroatoms. The molecule has 0 aliphatic heterocycles. The Labute approximate surface area is 202 Å². The zero-order valence-electron chi connectivity index (χ0n) is 18.0. The SMILES string of the molecule is CCNC(=NCC(O)c1ccc(OC(F)F)cc1)NCCc1cn2cccc(C)c2n1.I. The number of benzene rings is 1. The van der Waals surface area contributed by atoms with E-state index >= 15 is 0 Å². The van der Waals surface area contributed by atoms with Crippen LogP contribution in [0.15, 0.2) is 53.8 Å². The molecule has 7 nitrogen and oxygen atoms in total. The van der Waals surface area contributed by atoms with Crippen LogP contribution in [0.4, 0.5) is 8.78 Å². The van der Waals surface area contributed by atoms with Crippen molar-refractivity contribution in [2.75, 3.05) is 19.6 Å². The monoisotopic (exact) mass is 559 g/mol. The van der Waals surface area contributed by atoms with Crippen LogP contribution in [-0.4, -0.2) is 46.7 Å². The lowest BCUT2D eigenvalue weighted by Crippen LogP contribution is -2.38. The molecule has 0 saturated heterocycles. The van der Waals surface area contributed by atoms with Crippen LogP contribution in [0.1, 0.15) is 29.8 Å². The number of fused-ring (bicyclic) bond motifs is 1. The Morgan fingerprint density at radius 3 is 2.62 bits per heavy atom. The van der Waals surface area contributed by atoms with Crippen LogP contribution < -0.4 is 15.4 Å². The average molecular weight is 559 g/mol. The number of guanidine groups is 1. The normalized spacial score (nSPS) is 12.5. The largest absolute Gasteiger partial charge is 0.435 e. The number of aliphatic imine (C=N–C) groups is 1. The fraction of sp³-hybridized carbons (Fsp3) is 0.364. The fourth-order valence-corrected chi connectivity index (χ4v) is 3.13. The lowest BCUT2D eigenvalue weighted by Gasteiger charge is -2.13. The van der Waals surface area contributed by atoms with Crippen molar-refractivity contribution in [2.24, 2.45) is 4.99 Å². The number of halogens is 3. The van der Waals surface area contributed by atoms with E-state index < -0.39 is 12.7 Å². The Balaban J connectivity index is 0.00000363. The number of aliphatic hydroxyl groups is 1. The Morgan fingerprint density at radius 2 is 1.97 bits per heavy atom. The second-order valence-corrected chi connectivity index (χ2v) is 7.01. The second kappa shape index (κ2) is 12.5. The second-order valence-electron chi connectivity index (χ2n) is 7.01. The summed E-state index contributed by atoms with van der Waals surface area (Å²) in [7, 11) is 0. The smallest absolute Gasteiger partial charge is 0.387 e. The Kier molecular flexibility index (Phi) is 10.1. The molecule has 3 N–H and O–H groups in total. The maximum atomic E-state index is 12.2. The molecule has 0 fully saturated rings. The molecule has 3 rings (SSSR count). The molecule has 0 spiro atoms. The van der Waals surface area contributed by atoms with E-state index in [4.69, 9.17) is 0 Å². The summed E-state index contributed by atoms with van der Waals surface area (Å²) in [5.41, 5.74) is 3.62. The van der Waals surface area contributed by atoms with Crippen molar-refractivity contribution in [3.05, 3.63) is 65.6 Å². The summed E-state index contributed by atoms with van der Waals surface area (Å²) in [6.45, 7) is 2.54. The number of nitrogens with zero attached hydrogens (tertiary/aromatic N) is 3. The van der Waals surface area contributed by atoms with E-state index in [9.17, 15) is 13.9 Å². The van der Waals surface area contributed by atoms with E-state index in [0.29, 0.717) is 24.6 Å². The van der Waals surface area contributed by atoms with Crippen LogP contribution in [0.3, 0.4) is 0 Å². The minimum Gasteiger partial charge on any atom is -0.435 e. The summed E-state index contributed by atoms with van der Waals surface area (Å²) in [5.74, 6) is 0.630. The number of pyridine rings is 1. The highest BCUT2D eigenvalue weighted by atomic mass is 127. The number of alkyl halides is 2. The predicted molar refractivity (Wildman–Crippen MR) is 131 cm³/mol. The topological polar surface area (TPSA) is 83.2 Å². The van der Waals surface area contributed by atoms with E-state index in [0.717, 1.165) is 23.3 Å². The van der Waals surface area contributed by atoms with E-state index in [-0.39, 0.29) is 36.3 Å². The number of ether oxygens (including phenoxy) is 1. The molecule has 2 aromatic heterocycles. The Hall–Kier alpha value is -2.47. The highest BCUT2D eigenvalue weighted by Crippen LogP contribution is 2.19. The maximum absolute atomic E-state index is 12.2. The first-order valence-corrected chi connectivity index (χ1v) is 10.1. The highest BCUT2D eigenvalue weighted by molar-refractivity contribution is 14.0. The van der Waals surface area contributed by atoms with Crippen molar-refractivity contribution in [3.63, 3.8) is 0 Å². The molecule has 0 amide bonds. The van der Waals surface area contributed by atoms with E-state index in [2.05, 4.69) is 25.3 Å². The van der Waals surface area contributed by atoms with E-state index in [1.165, 1.54) is 12.1 Å². The Morgan fingerprint density at radius 1 is 1.22 bits per heavy atom. The summed E-state index contributed by atoms with van der Waals surface area (Å²) in [6, 6.07) is 9.91. The molecule has 2 heterocycles. The van der Waals surface area contributed by atoms with Crippen molar-refractivity contribution in [3.8, 4) is 5.75 Å². The lowest BCUT2D eigenvalue weighted by atomic mass is 10.1. The van der Waals surface area contributed by atoms with Crippen molar-refractivity contribution in [2.45, 2.75) is 33.0 Å². The number of rotatable bonds is 9. The molecule has 1 aromatic carbocycles. The third-order valence-electron chi connectivity index (χ3n) is 4.66. The molecule has 0 aliphatic carbocycles. The number of nitrogens with one attached hydrogen (secondary N) is 2. The van der Waals surface area contributed by atoms with Gasteiger partial charge in [0.05, 0.1) is 18.3 Å². The van der Waals surface area contributed by atoms with Gasteiger partial charge in [0.2, 0.25) is 0 Å². The fourth-order valence-electron chi connectivity index (χ4n) is 3.13. The molecule has 1 unspecified atom stereocenters. The van der Waals surface area contributed by atoms with Gasteiger partial charge in [-0.15, -0.1) is 24.0 Å². The first-order chi connectivity index (χ1) is 15.0. The van der Waals surface area contributed by atoms with Crippen LogP contribution in [0.2, 0.25) is 0 Å². The van der Waals surface area contributed by atoms with Gasteiger partial charge in [-0.3, -0.25) is 4.99 Å². The van der Waals surface area contributed by atoms with Gasteiger partial charge >= 0.3 is 6.61 Å². The Bertz CT molecular complexity index is 1010. The number of hydrogen-bond donors (Lipinski definition) is 3. The van der Waals surface area contributed by atoms with Crippen LogP contribution in [0.5, 0.6) is 5.75 Å². The lowest BCUT2D eigenvalue weighted by molar-refractivity contribution is -0.0498. The summed E-state index contributed by atoms with van der Waals surface area (Å²) >= 11 is 0. The molecule has 32 heavy (non-hydrogen) atoms. The summed E-state index contributed by atoms with van der Waals surface area (Å²) < 4.78 is 30.8. The van der Waals surface area contributed by atoms with Gasteiger partial charge in [-0.2, -0.15) is 8.78 Å². The van der Waals surface area contributed by atoms with E-state index in [1.807, 2.05) is 42.8 Å². The van der Waals surface area contributed by atoms with Gasteiger partial charge in [-0.25, -0.2) is 4.98 Å². The van der Waals surface area contributed by atoms with Crippen molar-refractivity contribution in [1.29, 1.82) is 0 Å². The molecular formula is C22H28F2IN5O2.